The average molecular weight is 339 g/mol. The summed E-state index contributed by atoms with van der Waals surface area (Å²) in [7, 11) is 1.61. The maximum absolute atomic E-state index is 12.5. The molecule has 23 heavy (non-hydrogen) atoms. The van der Waals surface area contributed by atoms with Gasteiger partial charge in [-0.15, -0.1) is 12.4 Å². The van der Waals surface area contributed by atoms with E-state index < -0.39 is 0 Å². The standard InChI is InChI=1S/C17H22N2O3.ClH/c1-11-6-7-18-9-14(11)19-17(20)13-8-12-4-3-5-15(21-2)16(12)22-10-13;/h3-5,8,11,14,18H,6-7,9-10H2,1-2H3,(H,19,20);1H. The summed E-state index contributed by atoms with van der Waals surface area (Å²) in [6.45, 7) is 4.30. The number of para-hydroxylation sites is 1. The molecule has 2 atom stereocenters. The predicted molar refractivity (Wildman–Crippen MR) is 92.3 cm³/mol. The van der Waals surface area contributed by atoms with Gasteiger partial charge in [0.25, 0.3) is 5.91 Å². The van der Waals surface area contributed by atoms with Crippen LogP contribution in [-0.2, 0) is 4.79 Å². The minimum atomic E-state index is -0.0472. The third kappa shape index (κ3) is 3.79. The number of halogens is 1. The largest absolute Gasteiger partial charge is 0.493 e. The predicted octanol–water partition coefficient (Wildman–Crippen LogP) is 2.01. The third-order valence-corrected chi connectivity index (χ3v) is 4.37. The highest BCUT2D eigenvalue weighted by Gasteiger charge is 2.26. The van der Waals surface area contributed by atoms with Gasteiger partial charge in [-0.25, -0.2) is 0 Å². The highest BCUT2D eigenvalue weighted by molar-refractivity contribution is 5.99. The quantitative estimate of drug-likeness (QED) is 0.885. The van der Waals surface area contributed by atoms with Crippen molar-refractivity contribution in [1.29, 1.82) is 0 Å². The molecule has 2 aliphatic rings. The number of nitrogens with one attached hydrogen (secondary N) is 2. The number of benzene rings is 1. The van der Waals surface area contributed by atoms with Crippen molar-refractivity contribution >= 4 is 24.4 Å². The van der Waals surface area contributed by atoms with Crippen LogP contribution in [0, 0.1) is 5.92 Å². The lowest BCUT2D eigenvalue weighted by atomic mass is 9.94. The Balaban J connectivity index is 0.00000192. The van der Waals surface area contributed by atoms with Gasteiger partial charge in [0.2, 0.25) is 0 Å². The molecular formula is C17H23ClN2O3. The smallest absolute Gasteiger partial charge is 0.250 e. The van der Waals surface area contributed by atoms with E-state index in [4.69, 9.17) is 9.47 Å². The average Bonchev–Trinajstić information content (AvgIpc) is 2.55. The molecule has 1 aromatic rings. The molecule has 0 aliphatic carbocycles. The molecule has 2 N–H and O–H groups in total. The fourth-order valence-electron chi connectivity index (χ4n) is 2.92. The molecule has 126 valence electrons. The molecule has 0 bridgehead atoms. The van der Waals surface area contributed by atoms with Gasteiger partial charge < -0.3 is 20.1 Å². The summed E-state index contributed by atoms with van der Waals surface area (Å²) >= 11 is 0. The summed E-state index contributed by atoms with van der Waals surface area (Å²) < 4.78 is 11.0. The number of carbonyl (C=O) groups is 1. The van der Waals surface area contributed by atoms with Gasteiger partial charge in [0.1, 0.15) is 6.61 Å². The van der Waals surface area contributed by atoms with Gasteiger partial charge in [0, 0.05) is 18.2 Å². The minimum absolute atomic E-state index is 0. The monoisotopic (exact) mass is 338 g/mol. The molecule has 3 rings (SSSR count). The fourth-order valence-corrected chi connectivity index (χ4v) is 2.92. The van der Waals surface area contributed by atoms with Crippen LogP contribution in [0.4, 0.5) is 0 Å². The molecule has 6 heteroatoms. The highest BCUT2D eigenvalue weighted by Crippen LogP contribution is 2.35. The first-order valence-electron chi connectivity index (χ1n) is 7.71. The van der Waals surface area contributed by atoms with Crippen LogP contribution in [0.2, 0.25) is 0 Å². The Labute approximate surface area is 142 Å². The Bertz CT molecular complexity index is 604. The van der Waals surface area contributed by atoms with Crippen molar-refractivity contribution in [2.45, 2.75) is 19.4 Å². The van der Waals surface area contributed by atoms with Crippen molar-refractivity contribution in [2.75, 3.05) is 26.8 Å². The second-order valence-corrected chi connectivity index (χ2v) is 5.89. The van der Waals surface area contributed by atoms with E-state index in [0.29, 0.717) is 23.0 Å². The zero-order valence-corrected chi connectivity index (χ0v) is 14.2. The van der Waals surface area contributed by atoms with Gasteiger partial charge >= 0.3 is 0 Å². The number of methoxy groups -OCH3 is 1. The number of fused-ring (bicyclic) bond motifs is 1. The van der Waals surface area contributed by atoms with Gasteiger partial charge in [0.05, 0.1) is 12.7 Å². The number of hydrogen-bond acceptors (Lipinski definition) is 4. The molecule has 0 saturated carbocycles. The number of piperidine rings is 1. The summed E-state index contributed by atoms with van der Waals surface area (Å²) in [5.41, 5.74) is 1.53. The van der Waals surface area contributed by atoms with Gasteiger partial charge in [0.15, 0.2) is 11.5 Å². The summed E-state index contributed by atoms with van der Waals surface area (Å²) in [4.78, 5) is 12.5. The number of hydrogen-bond donors (Lipinski definition) is 2. The molecule has 0 aromatic heterocycles. The molecule has 2 unspecified atom stereocenters. The van der Waals surface area contributed by atoms with Crippen molar-refractivity contribution in [1.82, 2.24) is 10.6 Å². The second kappa shape index (κ2) is 7.70. The Morgan fingerprint density at radius 2 is 2.26 bits per heavy atom. The molecule has 0 spiro atoms. The number of amides is 1. The van der Waals surface area contributed by atoms with E-state index in [-0.39, 0.29) is 31.0 Å². The Kier molecular flexibility index (Phi) is 5.91. The topological polar surface area (TPSA) is 59.6 Å². The highest BCUT2D eigenvalue weighted by atomic mass is 35.5. The summed E-state index contributed by atoms with van der Waals surface area (Å²) in [6.07, 6.45) is 2.97. The van der Waals surface area contributed by atoms with E-state index in [9.17, 15) is 4.79 Å². The van der Waals surface area contributed by atoms with Gasteiger partial charge in [-0.1, -0.05) is 19.1 Å². The van der Waals surface area contributed by atoms with Crippen LogP contribution in [0.5, 0.6) is 11.5 Å². The molecule has 2 heterocycles. The molecule has 2 aliphatic heterocycles. The van der Waals surface area contributed by atoms with Crippen LogP contribution in [0.15, 0.2) is 23.8 Å². The van der Waals surface area contributed by atoms with E-state index in [1.54, 1.807) is 7.11 Å². The molecule has 1 aromatic carbocycles. The summed E-state index contributed by atoms with van der Waals surface area (Å²) in [5, 5.41) is 6.44. The lowest BCUT2D eigenvalue weighted by Gasteiger charge is -2.31. The van der Waals surface area contributed by atoms with E-state index in [0.717, 1.165) is 25.1 Å². The minimum Gasteiger partial charge on any atom is -0.493 e. The molecule has 1 saturated heterocycles. The molecule has 1 fully saturated rings. The number of ether oxygens (including phenoxy) is 2. The Hall–Kier alpha value is -1.72. The van der Waals surface area contributed by atoms with Crippen LogP contribution in [0.3, 0.4) is 0 Å². The maximum Gasteiger partial charge on any atom is 0.250 e. The first-order chi connectivity index (χ1) is 10.7. The first kappa shape index (κ1) is 17.6. The Morgan fingerprint density at radius 1 is 1.43 bits per heavy atom. The van der Waals surface area contributed by atoms with Crippen molar-refractivity contribution < 1.29 is 14.3 Å². The van der Waals surface area contributed by atoms with Crippen molar-refractivity contribution in [2.24, 2.45) is 5.92 Å². The molecule has 5 nitrogen and oxygen atoms in total. The van der Waals surface area contributed by atoms with Crippen LogP contribution in [-0.4, -0.2) is 38.8 Å². The molecule has 0 radical (unpaired) electrons. The van der Waals surface area contributed by atoms with Crippen molar-refractivity contribution in [3.8, 4) is 11.5 Å². The van der Waals surface area contributed by atoms with Crippen LogP contribution >= 0.6 is 12.4 Å². The molecule has 1 amide bonds. The number of rotatable bonds is 3. The number of carbonyl (C=O) groups excluding carboxylic acids is 1. The van der Waals surface area contributed by atoms with Crippen LogP contribution in [0.25, 0.3) is 6.08 Å². The van der Waals surface area contributed by atoms with E-state index in [2.05, 4.69) is 17.6 Å². The summed E-state index contributed by atoms with van der Waals surface area (Å²) in [6, 6.07) is 5.85. The fraction of sp³-hybridized carbons (Fsp3) is 0.471. The van der Waals surface area contributed by atoms with Gasteiger partial charge in [-0.05, 0) is 31.0 Å². The molecular weight excluding hydrogens is 316 g/mol. The van der Waals surface area contributed by atoms with Gasteiger partial charge in [-0.2, -0.15) is 0 Å². The second-order valence-electron chi connectivity index (χ2n) is 5.89. The first-order valence-corrected chi connectivity index (χ1v) is 7.71. The van der Waals surface area contributed by atoms with E-state index >= 15 is 0 Å². The van der Waals surface area contributed by atoms with Crippen molar-refractivity contribution in [3.63, 3.8) is 0 Å². The van der Waals surface area contributed by atoms with Crippen LogP contribution < -0.4 is 20.1 Å². The lowest BCUT2D eigenvalue weighted by Crippen LogP contribution is -2.50. The van der Waals surface area contributed by atoms with Crippen molar-refractivity contribution in [3.05, 3.63) is 29.3 Å². The third-order valence-electron chi connectivity index (χ3n) is 4.37. The zero-order valence-electron chi connectivity index (χ0n) is 13.4. The summed E-state index contributed by atoms with van der Waals surface area (Å²) in [5.74, 6) is 1.84. The maximum atomic E-state index is 12.5. The van der Waals surface area contributed by atoms with Gasteiger partial charge in [-0.3, -0.25) is 4.79 Å². The van der Waals surface area contributed by atoms with E-state index in [1.807, 2.05) is 24.3 Å². The van der Waals surface area contributed by atoms with E-state index in [1.165, 1.54) is 0 Å². The Morgan fingerprint density at radius 3 is 3.00 bits per heavy atom. The lowest BCUT2D eigenvalue weighted by molar-refractivity contribution is -0.118. The normalized spacial score (nSPS) is 22.8. The zero-order chi connectivity index (χ0) is 15.5. The van der Waals surface area contributed by atoms with Crippen LogP contribution in [0.1, 0.15) is 18.9 Å². The SMILES string of the molecule is COc1cccc2c1OCC(C(=O)NC1CNCCC1C)=C2.Cl.